The van der Waals surface area contributed by atoms with Crippen LogP contribution in [-0.4, -0.2) is 89.1 Å². The molecule has 3 atom stereocenters. The Hall–Kier alpha value is -2.29. The van der Waals surface area contributed by atoms with Crippen LogP contribution in [0.1, 0.15) is 80.1 Å². The van der Waals surface area contributed by atoms with E-state index in [1.807, 2.05) is 12.1 Å². The third-order valence-corrected chi connectivity index (χ3v) is 8.66. The predicted molar refractivity (Wildman–Crippen MR) is 135 cm³/mol. The fraction of sp³-hybridized carbons (Fsp3) is 0.679. The maximum Gasteiger partial charge on any atom is 0.252 e. The highest BCUT2D eigenvalue weighted by atomic mass is 16.5. The lowest BCUT2D eigenvalue weighted by atomic mass is 9.80. The summed E-state index contributed by atoms with van der Waals surface area (Å²) in [6.07, 6.45) is 5.63. The Balaban J connectivity index is 1.28. The van der Waals surface area contributed by atoms with Crippen molar-refractivity contribution in [3.8, 4) is 0 Å². The molecule has 1 aromatic carbocycles. The largest absolute Gasteiger partial charge is 0.388 e. The number of hydrogen-bond acceptors (Lipinski definition) is 6. The van der Waals surface area contributed by atoms with Gasteiger partial charge in [-0.2, -0.15) is 0 Å². The first-order chi connectivity index (χ1) is 17.4. The molecule has 4 aliphatic rings. The van der Waals surface area contributed by atoms with Gasteiger partial charge in [0.15, 0.2) is 5.78 Å². The number of nitrogens with zero attached hydrogens (tertiary/aromatic N) is 2. The van der Waals surface area contributed by atoms with Crippen LogP contribution in [0, 0.1) is 0 Å². The number of nitrogens with one attached hydrogen (secondary N) is 1. The third kappa shape index (κ3) is 4.83. The van der Waals surface area contributed by atoms with E-state index in [2.05, 4.69) is 29.3 Å². The SMILES string of the molecule is CCCN1CCC(c2ccc(C(=O)NC3(C(=O)N4C[C@H](O)[C@H]5OCC(=O)[C@H]54)CCCCC3)cc2)CC1. The molecule has 2 amide bonds. The number of aliphatic hydroxyl groups excluding tert-OH is 1. The molecule has 0 unspecified atom stereocenters. The van der Waals surface area contributed by atoms with E-state index in [-0.39, 0.29) is 30.7 Å². The highest BCUT2D eigenvalue weighted by Crippen LogP contribution is 2.36. The highest BCUT2D eigenvalue weighted by molar-refractivity contribution is 6.01. The molecule has 8 nitrogen and oxygen atoms in total. The average molecular weight is 498 g/mol. The number of aliphatic hydroxyl groups is 1. The summed E-state index contributed by atoms with van der Waals surface area (Å²) in [4.78, 5) is 43.6. The van der Waals surface area contributed by atoms with Gasteiger partial charge >= 0.3 is 0 Å². The van der Waals surface area contributed by atoms with Crippen LogP contribution in [0.4, 0.5) is 0 Å². The van der Waals surface area contributed by atoms with E-state index in [1.54, 1.807) is 0 Å². The molecule has 0 spiro atoms. The molecule has 36 heavy (non-hydrogen) atoms. The zero-order valence-corrected chi connectivity index (χ0v) is 21.3. The van der Waals surface area contributed by atoms with Crippen LogP contribution in [0.3, 0.4) is 0 Å². The number of piperidine rings is 1. The second-order valence-corrected chi connectivity index (χ2v) is 11.0. The Labute approximate surface area is 213 Å². The van der Waals surface area contributed by atoms with Gasteiger partial charge < -0.3 is 25.0 Å². The Kier molecular flexibility index (Phi) is 7.47. The van der Waals surface area contributed by atoms with Gasteiger partial charge in [0, 0.05) is 5.56 Å². The van der Waals surface area contributed by atoms with Gasteiger partial charge in [0.25, 0.3) is 5.91 Å². The number of fused-ring (bicyclic) bond motifs is 1. The molecule has 5 rings (SSSR count). The van der Waals surface area contributed by atoms with Crippen molar-refractivity contribution >= 4 is 17.6 Å². The molecule has 8 heteroatoms. The molecular formula is C28H39N3O5. The molecule has 1 saturated carbocycles. The Morgan fingerprint density at radius 3 is 2.47 bits per heavy atom. The van der Waals surface area contributed by atoms with Crippen LogP contribution >= 0.6 is 0 Å². The van der Waals surface area contributed by atoms with Crippen molar-refractivity contribution < 1.29 is 24.2 Å². The lowest BCUT2D eigenvalue weighted by Crippen LogP contribution is -2.62. The quantitative estimate of drug-likeness (QED) is 0.626. The van der Waals surface area contributed by atoms with Crippen molar-refractivity contribution in [1.29, 1.82) is 0 Å². The van der Waals surface area contributed by atoms with Gasteiger partial charge in [0.1, 0.15) is 30.4 Å². The van der Waals surface area contributed by atoms with Crippen molar-refractivity contribution in [2.24, 2.45) is 0 Å². The van der Waals surface area contributed by atoms with Gasteiger partial charge in [-0.3, -0.25) is 14.4 Å². The molecule has 1 aliphatic carbocycles. The number of Topliss-reactive ketones (excluding diaryl/α,β-unsaturated/α-hetero) is 1. The lowest BCUT2D eigenvalue weighted by Gasteiger charge is -2.40. The zero-order valence-electron chi connectivity index (χ0n) is 21.3. The van der Waals surface area contributed by atoms with Crippen molar-refractivity contribution in [2.45, 2.75) is 88.0 Å². The predicted octanol–water partition coefficient (Wildman–Crippen LogP) is 2.25. The molecule has 0 bridgehead atoms. The van der Waals surface area contributed by atoms with Crippen LogP contribution in [0.5, 0.6) is 0 Å². The van der Waals surface area contributed by atoms with E-state index in [0.717, 1.165) is 51.7 Å². The third-order valence-electron chi connectivity index (χ3n) is 8.66. The van der Waals surface area contributed by atoms with Gasteiger partial charge in [0.2, 0.25) is 5.91 Å². The minimum atomic E-state index is -1.06. The van der Waals surface area contributed by atoms with Crippen molar-refractivity contribution in [3.63, 3.8) is 0 Å². The number of carbonyl (C=O) groups is 3. The molecule has 3 aliphatic heterocycles. The molecule has 0 radical (unpaired) electrons. The first kappa shape index (κ1) is 25.4. The van der Waals surface area contributed by atoms with Crippen LogP contribution in [0.25, 0.3) is 0 Å². The smallest absolute Gasteiger partial charge is 0.252 e. The molecular weight excluding hydrogens is 458 g/mol. The number of amides is 2. The molecule has 0 aromatic heterocycles. The van der Waals surface area contributed by atoms with Gasteiger partial charge in [-0.1, -0.05) is 38.3 Å². The van der Waals surface area contributed by atoms with E-state index in [0.29, 0.717) is 24.3 Å². The summed E-state index contributed by atoms with van der Waals surface area (Å²) in [6.45, 7) is 5.58. The fourth-order valence-electron chi connectivity index (χ4n) is 6.66. The van der Waals surface area contributed by atoms with Gasteiger partial charge in [-0.05, 0) is 75.4 Å². The Morgan fingerprint density at radius 2 is 1.81 bits per heavy atom. The number of ether oxygens (including phenoxy) is 1. The van der Waals surface area contributed by atoms with E-state index >= 15 is 0 Å². The fourth-order valence-corrected chi connectivity index (χ4v) is 6.66. The maximum atomic E-state index is 13.8. The summed E-state index contributed by atoms with van der Waals surface area (Å²) >= 11 is 0. The first-order valence-corrected chi connectivity index (χ1v) is 13.7. The summed E-state index contributed by atoms with van der Waals surface area (Å²) in [7, 11) is 0. The summed E-state index contributed by atoms with van der Waals surface area (Å²) < 4.78 is 5.45. The minimum Gasteiger partial charge on any atom is -0.388 e. The lowest BCUT2D eigenvalue weighted by molar-refractivity contribution is -0.143. The molecule has 2 N–H and O–H groups in total. The molecule has 1 aromatic rings. The number of carbonyl (C=O) groups excluding carboxylic acids is 3. The average Bonchev–Trinajstić information content (AvgIpc) is 3.45. The molecule has 4 fully saturated rings. The van der Waals surface area contributed by atoms with Gasteiger partial charge in [0.05, 0.1) is 6.54 Å². The van der Waals surface area contributed by atoms with Crippen LogP contribution in [-0.2, 0) is 14.3 Å². The minimum absolute atomic E-state index is 0.0588. The van der Waals surface area contributed by atoms with Crippen LogP contribution in [0.15, 0.2) is 24.3 Å². The number of β-amino-alcohol motifs (C(OH)–C–C–N with tert-alkyl or cyclic N) is 1. The van der Waals surface area contributed by atoms with Gasteiger partial charge in [-0.15, -0.1) is 0 Å². The summed E-state index contributed by atoms with van der Waals surface area (Å²) in [5.74, 6) is -0.197. The van der Waals surface area contributed by atoms with E-state index < -0.39 is 23.8 Å². The van der Waals surface area contributed by atoms with Gasteiger partial charge in [-0.25, -0.2) is 0 Å². The Morgan fingerprint density at radius 1 is 1.11 bits per heavy atom. The highest BCUT2D eigenvalue weighted by Gasteiger charge is 2.55. The molecule has 196 valence electrons. The monoisotopic (exact) mass is 497 g/mol. The van der Waals surface area contributed by atoms with Crippen molar-refractivity contribution in [2.75, 3.05) is 32.8 Å². The van der Waals surface area contributed by atoms with Crippen LogP contribution < -0.4 is 5.32 Å². The molecule has 3 heterocycles. The van der Waals surface area contributed by atoms with E-state index in [9.17, 15) is 19.5 Å². The topological polar surface area (TPSA) is 99.2 Å². The van der Waals surface area contributed by atoms with E-state index in [4.69, 9.17) is 4.74 Å². The van der Waals surface area contributed by atoms with Crippen molar-refractivity contribution in [3.05, 3.63) is 35.4 Å². The number of hydrogen-bond donors (Lipinski definition) is 2. The Bertz CT molecular complexity index is 966. The summed E-state index contributed by atoms with van der Waals surface area (Å²) in [6, 6.07) is 7.09. The zero-order chi connectivity index (χ0) is 25.3. The van der Waals surface area contributed by atoms with Crippen molar-refractivity contribution in [1.82, 2.24) is 15.1 Å². The number of likely N-dealkylation sites (tertiary alicyclic amines) is 2. The summed E-state index contributed by atoms with van der Waals surface area (Å²) in [5.41, 5.74) is 0.750. The van der Waals surface area contributed by atoms with E-state index in [1.165, 1.54) is 16.9 Å². The number of rotatable bonds is 6. The standard InChI is InChI=1S/C28H39N3O5/c1-2-14-30-15-10-20(11-16-30)19-6-8-21(9-7-19)26(34)29-28(12-4-3-5-13-28)27(35)31-17-22(32)25-24(31)23(33)18-36-25/h6-9,20,22,24-25,32H,2-5,10-18H2,1H3,(H,29,34)/t22-,24+,25+/m0/s1. The second-order valence-electron chi connectivity index (χ2n) is 11.0. The van der Waals surface area contributed by atoms with Crippen LogP contribution in [0.2, 0.25) is 0 Å². The summed E-state index contributed by atoms with van der Waals surface area (Å²) in [5, 5.41) is 13.5. The number of ketones is 1. The second kappa shape index (κ2) is 10.6. The maximum absolute atomic E-state index is 13.8. The number of benzene rings is 1. The molecule has 3 saturated heterocycles. The first-order valence-electron chi connectivity index (χ1n) is 13.7. The normalized spacial score (nSPS) is 28.8.